The van der Waals surface area contributed by atoms with Crippen LogP contribution in [0.1, 0.15) is 54.1 Å². The normalized spacial score (nSPS) is 13.7. The molecule has 0 spiro atoms. The van der Waals surface area contributed by atoms with E-state index in [0.717, 1.165) is 0 Å². The van der Waals surface area contributed by atoms with Crippen molar-refractivity contribution in [2.45, 2.75) is 39.7 Å². The summed E-state index contributed by atoms with van der Waals surface area (Å²) < 4.78 is 7.07. The number of carbonyl (C=O) groups is 2. The minimum atomic E-state index is -0.301. The first-order chi connectivity index (χ1) is 14.2. The van der Waals surface area contributed by atoms with E-state index in [1.54, 1.807) is 15.7 Å². The summed E-state index contributed by atoms with van der Waals surface area (Å²) in [6, 6.07) is 8.90. The van der Waals surface area contributed by atoms with Gasteiger partial charge >= 0.3 is 0 Å². The van der Waals surface area contributed by atoms with Crippen LogP contribution in [0.5, 0.6) is 5.75 Å². The number of amides is 2. The predicted molar refractivity (Wildman–Crippen MR) is 115 cm³/mol. The second-order valence-corrected chi connectivity index (χ2v) is 8.39. The highest BCUT2D eigenvalue weighted by atomic mass is 16.5. The average Bonchev–Trinajstić information content (AvgIpc) is 2.70. The molecule has 0 bridgehead atoms. The van der Waals surface area contributed by atoms with E-state index in [9.17, 15) is 14.4 Å². The Morgan fingerprint density at radius 2 is 1.83 bits per heavy atom. The van der Waals surface area contributed by atoms with E-state index in [1.807, 2.05) is 31.2 Å². The molecule has 2 heterocycles. The van der Waals surface area contributed by atoms with Gasteiger partial charge in [0.05, 0.1) is 12.8 Å². The van der Waals surface area contributed by atoms with E-state index >= 15 is 0 Å². The van der Waals surface area contributed by atoms with E-state index < -0.39 is 0 Å². The van der Waals surface area contributed by atoms with Crippen molar-refractivity contribution in [3.63, 3.8) is 0 Å². The Hall–Kier alpha value is -3.09. The standard InChI is InChI=1S/C23H29N3O4/c1-5-30-20-15-26-13-12-25(22(29)18(26)14-19(20)27)11-10-24-21(28)16-6-8-17(9-7-16)23(2,3)4/h6-9,14-15H,5,10-13H2,1-4H3,(H,24,28). The molecule has 7 nitrogen and oxygen atoms in total. The van der Waals surface area contributed by atoms with Crippen LogP contribution in [0, 0.1) is 0 Å². The van der Waals surface area contributed by atoms with Gasteiger partial charge in [0.1, 0.15) is 5.69 Å². The van der Waals surface area contributed by atoms with E-state index in [-0.39, 0.29) is 28.4 Å². The van der Waals surface area contributed by atoms with Crippen LogP contribution in [0.15, 0.2) is 41.3 Å². The van der Waals surface area contributed by atoms with Gasteiger partial charge in [0.25, 0.3) is 11.8 Å². The summed E-state index contributed by atoms with van der Waals surface area (Å²) in [5.74, 6) is -0.129. The van der Waals surface area contributed by atoms with E-state index in [2.05, 4.69) is 26.1 Å². The van der Waals surface area contributed by atoms with Crippen LogP contribution in [0.2, 0.25) is 0 Å². The van der Waals surface area contributed by atoms with Crippen molar-refractivity contribution in [2.75, 3.05) is 26.2 Å². The lowest BCUT2D eigenvalue weighted by Gasteiger charge is -2.30. The van der Waals surface area contributed by atoms with Gasteiger partial charge in [0, 0.05) is 37.8 Å². The van der Waals surface area contributed by atoms with Gasteiger partial charge in [-0.25, -0.2) is 0 Å². The van der Waals surface area contributed by atoms with Crippen molar-refractivity contribution in [2.24, 2.45) is 0 Å². The zero-order valence-corrected chi connectivity index (χ0v) is 18.0. The Morgan fingerprint density at radius 1 is 1.13 bits per heavy atom. The average molecular weight is 412 g/mol. The lowest BCUT2D eigenvalue weighted by molar-refractivity contribution is 0.0696. The first-order valence-corrected chi connectivity index (χ1v) is 10.3. The molecular weight excluding hydrogens is 382 g/mol. The van der Waals surface area contributed by atoms with Gasteiger partial charge in [-0.05, 0) is 30.0 Å². The largest absolute Gasteiger partial charge is 0.488 e. The molecule has 2 amide bonds. The van der Waals surface area contributed by atoms with Gasteiger partial charge in [0.15, 0.2) is 5.75 Å². The Kier molecular flexibility index (Phi) is 6.29. The molecule has 0 saturated carbocycles. The van der Waals surface area contributed by atoms with Crippen LogP contribution in [-0.2, 0) is 12.0 Å². The number of nitrogens with one attached hydrogen (secondary N) is 1. The van der Waals surface area contributed by atoms with Crippen molar-refractivity contribution in [3.8, 4) is 5.75 Å². The second-order valence-electron chi connectivity index (χ2n) is 8.39. The molecule has 3 rings (SSSR count). The summed E-state index contributed by atoms with van der Waals surface area (Å²) >= 11 is 0. The van der Waals surface area contributed by atoms with Crippen LogP contribution in [0.25, 0.3) is 0 Å². The maximum atomic E-state index is 12.7. The molecule has 160 valence electrons. The maximum absolute atomic E-state index is 12.7. The number of hydrogen-bond acceptors (Lipinski definition) is 4. The molecule has 0 saturated heterocycles. The summed E-state index contributed by atoms with van der Waals surface area (Å²) in [7, 11) is 0. The molecule has 0 atom stereocenters. The smallest absolute Gasteiger partial charge is 0.270 e. The third kappa shape index (κ3) is 4.72. The van der Waals surface area contributed by atoms with E-state index in [0.29, 0.717) is 44.0 Å². The Morgan fingerprint density at radius 3 is 2.47 bits per heavy atom. The Bertz CT molecular complexity index is 987. The number of ether oxygens (including phenoxy) is 1. The van der Waals surface area contributed by atoms with Crippen LogP contribution in [0.3, 0.4) is 0 Å². The molecule has 1 aliphatic heterocycles. The highest BCUT2D eigenvalue weighted by molar-refractivity contribution is 5.95. The lowest BCUT2D eigenvalue weighted by atomic mass is 9.87. The molecule has 1 aliphatic rings. The Balaban J connectivity index is 1.58. The van der Waals surface area contributed by atoms with Crippen molar-refractivity contribution in [1.82, 2.24) is 14.8 Å². The molecule has 1 aromatic carbocycles. The zero-order chi connectivity index (χ0) is 21.9. The molecule has 1 aromatic heterocycles. The second kappa shape index (κ2) is 8.73. The fourth-order valence-electron chi connectivity index (χ4n) is 3.42. The number of fused-ring (bicyclic) bond motifs is 1. The fourth-order valence-corrected chi connectivity index (χ4v) is 3.42. The van der Waals surface area contributed by atoms with E-state index in [4.69, 9.17) is 4.74 Å². The van der Waals surface area contributed by atoms with Crippen molar-refractivity contribution in [1.29, 1.82) is 0 Å². The Labute approximate surface area is 176 Å². The number of rotatable bonds is 6. The van der Waals surface area contributed by atoms with Gasteiger partial charge in [-0.15, -0.1) is 0 Å². The van der Waals surface area contributed by atoms with Crippen molar-refractivity contribution < 1.29 is 14.3 Å². The summed E-state index contributed by atoms with van der Waals surface area (Å²) in [6.45, 7) is 10.4. The van der Waals surface area contributed by atoms with Crippen molar-refractivity contribution in [3.05, 3.63) is 63.6 Å². The SMILES string of the molecule is CCOc1cn2c(cc1=O)C(=O)N(CCNC(=O)c1ccc(C(C)(C)C)cc1)CC2. The fraction of sp³-hybridized carbons (Fsp3) is 0.435. The quantitative estimate of drug-likeness (QED) is 0.792. The third-order valence-corrected chi connectivity index (χ3v) is 5.19. The van der Waals surface area contributed by atoms with Crippen LogP contribution < -0.4 is 15.5 Å². The topological polar surface area (TPSA) is 80.6 Å². The number of nitrogens with zero attached hydrogens (tertiary/aromatic N) is 2. The van der Waals surface area contributed by atoms with Gasteiger partial charge in [-0.3, -0.25) is 14.4 Å². The van der Waals surface area contributed by atoms with E-state index in [1.165, 1.54) is 11.6 Å². The molecule has 0 radical (unpaired) electrons. The monoisotopic (exact) mass is 411 g/mol. The zero-order valence-electron chi connectivity index (χ0n) is 18.0. The molecule has 30 heavy (non-hydrogen) atoms. The molecule has 7 heteroatoms. The number of aromatic nitrogens is 1. The highest BCUT2D eigenvalue weighted by Gasteiger charge is 2.25. The molecule has 0 aliphatic carbocycles. The first kappa shape index (κ1) is 21.6. The molecule has 0 unspecified atom stereocenters. The predicted octanol–water partition coefficient (Wildman–Crippen LogP) is 2.43. The minimum Gasteiger partial charge on any atom is -0.488 e. The number of hydrogen-bond donors (Lipinski definition) is 1. The number of benzene rings is 1. The van der Waals surface area contributed by atoms with Crippen LogP contribution in [-0.4, -0.2) is 47.5 Å². The van der Waals surface area contributed by atoms with Gasteiger partial charge < -0.3 is 19.5 Å². The van der Waals surface area contributed by atoms with Crippen LogP contribution >= 0.6 is 0 Å². The van der Waals surface area contributed by atoms with Gasteiger partial charge in [-0.2, -0.15) is 0 Å². The summed E-state index contributed by atoms with van der Waals surface area (Å²) in [5.41, 5.74) is 1.84. The lowest BCUT2D eigenvalue weighted by Crippen LogP contribution is -2.45. The summed E-state index contributed by atoms with van der Waals surface area (Å²) in [6.07, 6.45) is 1.60. The van der Waals surface area contributed by atoms with Gasteiger partial charge in [0.2, 0.25) is 5.43 Å². The molecule has 1 N–H and O–H groups in total. The van der Waals surface area contributed by atoms with Crippen molar-refractivity contribution >= 4 is 11.8 Å². The first-order valence-electron chi connectivity index (χ1n) is 10.3. The third-order valence-electron chi connectivity index (χ3n) is 5.19. The maximum Gasteiger partial charge on any atom is 0.270 e. The summed E-state index contributed by atoms with van der Waals surface area (Å²) in [4.78, 5) is 38.9. The minimum absolute atomic E-state index is 0.0331. The molecular formula is C23H29N3O4. The number of pyridine rings is 1. The summed E-state index contributed by atoms with van der Waals surface area (Å²) in [5, 5.41) is 2.86. The molecule has 2 aromatic rings. The van der Waals surface area contributed by atoms with Gasteiger partial charge in [-0.1, -0.05) is 32.9 Å². The van der Waals surface area contributed by atoms with Crippen LogP contribution in [0.4, 0.5) is 0 Å². The highest BCUT2D eigenvalue weighted by Crippen LogP contribution is 2.22. The number of carbonyl (C=O) groups excluding carboxylic acids is 2. The molecule has 0 fully saturated rings.